The lowest BCUT2D eigenvalue weighted by Crippen LogP contribution is -2.02. The minimum atomic E-state index is -2.62. The molecule has 1 aromatic heterocycles. The number of nitrogens with zero attached hydrogens (tertiary/aromatic N) is 1. The number of hydrogen-bond acceptors (Lipinski definition) is 3. The first-order valence-corrected chi connectivity index (χ1v) is 4.03. The number of alkyl halides is 2. The molecule has 1 rings (SSSR count). The molecule has 0 aromatic carbocycles. The third-order valence-corrected chi connectivity index (χ3v) is 1.86. The van der Waals surface area contributed by atoms with Crippen molar-refractivity contribution in [1.82, 2.24) is 4.98 Å². The largest absolute Gasteiger partial charge is 0.481 e. The molecule has 0 fully saturated rings. The Labute approximate surface area is 80.3 Å². The number of ether oxygens (including phenoxy) is 1. The lowest BCUT2D eigenvalue weighted by atomic mass is 10.1. The lowest BCUT2D eigenvalue weighted by molar-refractivity contribution is 0.144. The molecular formula is C9H11F2NO2. The van der Waals surface area contributed by atoms with Crippen molar-refractivity contribution in [2.24, 2.45) is 0 Å². The van der Waals surface area contributed by atoms with Gasteiger partial charge in [-0.15, -0.1) is 0 Å². The third-order valence-electron chi connectivity index (χ3n) is 1.86. The topological polar surface area (TPSA) is 42.4 Å². The van der Waals surface area contributed by atoms with Gasteiger partial charge in [-0.2, -0.15) is 0 Å². The molecule has 0 spiro atoms. The van der Waals surface area contributed by atoms with Crippen molar-refractivity contribution < 1.29 is 18.6 Å². The summed E-state index contributed by atoms with van der Waals surface area (Å²) in [5, 5.41) is 8.81. The average molecular weight is 203 g/mol. The SMILES string of the molecule is COc1nc(CO)cc(C)c1C(F)F. The van der Waals surface area contributed by atoms with Gasteiger partial charge in [-0.3, -0.25) is 0 Å². The molecule has 0 radical (unpaired) electrons. The van der Waals surface area contributed by atoms with Crippen LogP contribution in [0.2, 0.25) is 0 Å². The second-order valence-electron chi connectivity index (χ2n) is 2.81. The molecule has 14 heavy (non-hydrogen) atoms. The molecule has 0 bridgehead atoms. The fraction of sp³-hybridized carbons (Fsp3) is 0.444. The zero-order chi connectivity index (χ0) is 10.7. The highest BCUT2D eigenvalue weighted by Gasteiger charge is 2.18. The van der Waals surface area contributed by atoms with E-state index in [2.05, 4.69) is 4.98 Å². The maximum absolute atomic E-state index is 12.5. The van der Waals surface area contributed by atoms with Crippen molar-refractivity contribution in [1.29, 1.82) is 0 Å². The second-order valence-corrected chi connectivity index (χ2v) is 2.81. The number of aryl methyl sites for hydroxylation is 1. The van der Waals surface area contributed by atoms with Crippen molar-refractivity contribution >= 4 is 0 Å². The van der Waals surface area contributed by atoms with Gasteiger partial charge in [0.15, 0.2) is 0 Å². The molecule has 0 aliphatic heterocycles. The Bertz CT molecular complexity index is 329. The van der Waals surface area contributed by atoms with Crippen LogP contribution in [-0.4, -0.2) is 17.2 Å². The minimum Gasteiger partial charge on any atom is -0.481 e. The quantitative estimate of drug-likeness (QED) is 0.814. The van der Waals surface area contributed by atoms with Gasteiger partial charge in [0.25, 0.3) is 6.43 Å². The van der Waals surface area contributed by atoms with Crippen LogP contribution in [0.1, 0.15) is 23.2 Å². The third kappa shape index (κ3) is 1.98. The van der Waals surface area contributed by atoms with Gasteiger partial charge in [0.2, 0.25) is 5.88 Å². The van der Waals surface area contributed by atoms with Crippen LogP contribution in [0.25, 0.3) is 0 Å². The highest BCUT2D eigenvalue weighted by Crippen LogP contribution is 2.30. The molecule has 3 nitrogen and oxygen atoms in total. The van der Waals surface area contributed by atoms with Gasteiger partial charge >= 0.3 is 0 Å². The molecule has 1 N–H and O–H groups in total. The maximum atomic E-state index is 12.5. The maximum Gasteiger partial charge on any atom is 0.269 e. The summed E-state index contributed by atoms with van der Waals surface area (Å²) in [6.07, 6.45) is -2.62. The summed E-state index contributed by atoms with van der Waals surface area (Å²) in [5.41, 5.74) is 0.476. The van der Waals surface area contributed by atoms with E-state index in [4.69, 9.17) is 9.84 Å². The van der Waals surface area contributed by atoms with Crippen LogP contribution in [0.5, 0.6) is 5.88 Å². The Kier molecular flexibility index (Phi) is 3.35. The Morgan fingerprint density at radius 2 is 2.21 bits per heavy atom. The summed E-state index contributed by atoms with van der Waals surface area (Å²) in [5.74, 6) is -0.121. The first kappa shape index (κ1) is 10.8. The Morgan fingerprint density at radius 3 is 2.64 bits per heavy atom. The van der Waals surface area contributed by atoms with E-state index in [-0.39, 0.29) is 18.1 Å². The summed E-state index contributed by atoms with van der Waals surface area (Å²) in [6.45, 7) is 1.24. The zero-order valence-corrected chi connectivity index (χ0v) is 7.92. The summed E-state index contributed by atoms with van der Waals surface area (Å²) < 4.78 is 29.8. The van der Waals surface area contributed by atoms with E-state index in [1.165, 1.54) is 20.1 Å². The molecule has 0 aliphatic rings. The van der Waals surface area contributed by atoms with Gasteiger partial charge in [-0.1, -0.05) is 0 Å². The number of aromatic nitrogens is 1. The van der Waals surface area contributed by atoms with E-state index in [9.17, 15) is 8.78 Å². The molecule has 0 unspecified atom stereocenters. The standard InChI is InChI=1S/C9H11F2NO2/c1-5-3-6(4-13)12-9(14-2)7(5)8(10)11/h3,8,13H,4H2,1-2H3. The monoisotopic (exact) mass is 203 g/mol. The fourth-order valence-electron chi connectivity index (χ4n) is 1.22. The molecule has 0 aliphatic carbocycles. The minimum absolute atomic E-state index is 0.121. The summed E-state index contributed by atoms with van der Waals surface area (Å²) in [4.78, 5) is 3.74. The van der Waals surface area contributed by atoms with Crippen LogP contribution in [-0.2, 0) is 6.61 Å². The summed E-state index contributed by atoms with van der Waals surface area (Å²) >= 11 is 0. The van der Waals surface area contributed by atoms with Crippen LogP contribution in [0.3, 0.4) is 0 Å². The Balaban J connectivity index is 3.27. The first-order valence-electron chi connectivity index (χ1n) is 4.03. The van der Waals surface area contributed by atoms with Crippen molar-refractivity contribution in [3.63, 3.8) is 0 Å². The Hall–Kier alpha value is -1.23. The molecule has 0 atom stereocenters. The van der Waals surface area contributed by atoms with Gasteiger partial charge in [-0.25, -0.2) is 13.8 Å². The van der Waals surface area contributed by atoms with Crippen LogP contribution < -0.4 is 4.74 Å². The smallest absolute Gasteiger partial charge is 0.269 e. The molecule has 0 amide bonds. The fourth-order valence-corrected chi connectivity index (χ4v) is 1.22. The average Bonchev–Trinajstić information content (AvgIpc) is 2.15. The predicted octanol–water partition coefficient (Wildman–Crippen LogP) is 1.83. The number of halogens is 2. The van der Waals surface area contributed by atoms with E-state index in [0.29, 0.717) is 11.3 Å². The van der Waals surface area contributed by atoms with E-state index in [1.807, 2.05) is 0 Å². The van der Waals surface area contributed by atoms with Crippen LogP contribution in [0.15, 0.2) is 6.07 Å². The first-order chi connectivity index (χ1) is 6.60. The summed E-state index contributed by atoms with van der Waals surface area (Å²) in [6, 6.07) is 1.42. The van der Waals surface area contributed by atoms with Crippen LogP contribution in [0, 0.1) is 6.92 Å². The van der Waals surface area contributed by atoms with Gasteiger partial charge in [0.1, 0.15) is 0 Å². The highest BCUT2D eigenvalue weighted by atomic mass is 19.3. The molecular weight excluding hydrogens is 192 g/mol. The second kappa shape index (κ2) is 4.32. The van der Waals surface area contributed by atoms with Crippen molar-refractivity contribution in [3.05, 3.63) is 22.9 Å². The molecule has 1 heterocycles. The Morgan fingerprint density at radius 1 is 1.57 bits per heavy atom. The van der Waals surface area contributed by atoms with Crippen molar-refractivity contribution in [3.8, 4) is 5.88 Å². The predicted molar refractivity (Wildman–Crippen MR) is 46.4 cm³/mol. The summed E-state index contributed by atoms with van der Waals surface area (Å²) in [7, 11) is 1.27. The molecule has 0 saturated heterocycles. The highest BCUT2D eigenvalue weighted by molar-refractivity contribution is 5.36. The number of aliphatic hydroxyl groups excluding tert-OH is 1. The molecule has 1 aromatic rings. The van der Waals surface area contributed by atoms with E-state index in [0.717, 1.165) is 0 Å². The van der Waals surface area contributed by atoms with Gasteiger partial charge in [0, 0.05) is 0 Å². The van der Waals surface area contributed by atoms with Crippen molar-refractivity contribution in [2.75, 3.05) is 7.11 Å². The number of aliphatic hydroxyl groups is 1. The van der Waals surface area contributed by atoms with Gasteiger partial charge in [-0.05, 0) is 18.6 Å². The van der Waals surface area contributed by atoms with Crippen molar-refractivity contribution in [2.45, 2.75) is 20.0 Å². The molecule has 5 heteroatoms. The molecule has 0 saturated carbocycles. The van der Waals surface area contributed by atoms with E-state index < -0.39 is 6.43 Å². The lowest BCUT2D eigenvalue weighted by Gasteiger charge is -2.11. The van der Waals surface area contributed by atoms with E-state index >= 15 is 0 Å². The van der Waals surface area contributed by atoms with Gasteiger partial charge in [0.05, 0.1) is 25.0 Å². The number of methoxy groups -OCH3 is 1. The zero-order valence-electron chi connectivity index (χ0n) is 7.92. The van der Waals surface area contributed by atoms with Crippen LogP contribution >= 0.6 is 0 Å². The molecule has 78 valence electrons. The number of hydrogen-bond donors (Lipinski definition) is 1. The van der Waals surface area contributed by atoms with Crippen LogP contribution in [0.4, 0.5) is 8.78 Å². The van der Waals surface area contributed by atoms with E-state index in [1.54, 1.807) is 0 Å². The van der Waals surface area contributed by atoms with Gasteiger partial charge < -0.3 is 9.84 Å². The normalized spacial score (nSPS) is 10.7. The number of pyridine rings is 1. The number of rotatable bonds is 3.